The van der Waals surface area contributed by atoms with Crippen molar-refractivity contribution >= 4 is 23.4 Å². The number of hydrogen-bond acceptors (Lipinski definition) is 8. The van der Waals surface area contributed by atoms with Crippen LogP contribution in [0.1, 0.15) is 44.9 Å². The van der Waals surface area contributed by atoms with E-state index < -0.39 is 12.0 Å². The third-order valence-electron chi connectivity index (χ3n) is 5.84. The van der Waals surface area contributed by atoms with E-state index in [1.165, 1.54) is 15.9 Å². The molecule has 0 spiro atoms. The average Bonchev–Trinajstić information content (AvgIpc) is 3.19. The molecule has 0 saturated heterocycles. The van der Waals surface area contributed by atoms with Crippen molar-refractivity contribution in [3.8, 4) is 17.2 Å². The first-order chi connectivity index (χ1) is 17.9. The summed E-state index contributed by atoms with van der Waals surface area (Å²) in [5.74, 6) is 1.12. The molecule has 8 nitrogen and oxygen atoms in total. The van der Waals surface area contributed by atoms with Gasteiger partial charge in [-0.15, -0.1) is 0 Å². The van der Waals surface area contributed by atoms with Gasteiger partial charge < -0.3 is 18.9 Å². The number of esters is 1. The van der Waals surface area contributed by atoms with Crippen LogP contribution in [-0.4, -0.2) is 37.5 Å². The molecule has 0 fully saturated rings. The molecule has 0 saturated carbocycles. The van der Waals surface area contributed by atoms with E-state index in [4.69, 9.17) is 18.9 Å². The van der Waals surface area contributed by atoms with Crippen molar-refractivity contribution in [1.29, 1.82) is 0 Å². The van der Waals surface area contributed by atoms with Crippen LogP contribution in [0.4, 0.5) is 0 Å². The number of carbonyl (C=O) groups excluding carboxylic acids is 1. The number of para-hydroxylation sites is 2. The van der Waals surface area contributed by atoms with Gasteiger partial charge >= 0.3 is 5.97 Å². The van der Waals surface area contributed by atoms with Gasteiger partial charge in [0.25, 0.3) is 5.56 Å². The van der Waals surface area contributed by atoms with Crippen LogP contribution in [0.15, 0.2) is 63.5 Å². The third-order valence-corrected chi connectivity index (χ3v) is 6.82. The number of allylic oxidation sites excluding steroid dienone is 1. The number of fused-ring (bicyclic) bond motifs is 1. The van der Waals surface area contributed by atoms with Crippen molar-refractivity contribution in [2.24, 2.45) is 4.99 Å². The molecule has 0 radical (unpaired) electrons. The number of thiazole rings is 1. The zero-order valence-electron chi connectivity index (χ0n) is 21.6. The molecule has 4 rings (SSSR count). The summed E-state index contributed by atoms with van der Waals surface area (Å²) in [6.45, 7) is 8.34. The number of rotatable bonds is 9. The number of benzene rings is 2. The summed E-state index contributed by atoms with van der Waals surface area (Å²) in [5, 5.41) is 0. The Bertz CT molecular complexity index is 1520. The standard InChI is InChI=1S/C28H30N2O6S/c1-6-34-20-14-10-9-12-18(20)16-22-26(31)30-24(19-13-11-15-21(33-5)25(19)35-7-2)23(27(32)36-8-3)17(4)29-28(30)37-22/h9-16,24H,6-8H2,1-5H3/b22-16+/t24-/m0/s1. The lowest BCUT2D eigenvalue weighted by Gasteiger charge is -2.26. The summed E-state index contributed by atoms with van der Waals surface area (Å²) in [6.07, 6.45) is 1.80. The average molecular weight is 523 g/mol. The zero-order valence-corrected chi connectivity index (χ0v) is 22.4. The van der Waals surface area contributed by atoms with E-state index in [1.54, 1.807) is 33.1 Å². The first-order valence-electron chi connectivity index (χ1n) is 12.2. The zero-order chi connectivity index (χ0) is 26.5. The van der Waals surface area contributed by atoms with Crippen LogP contribution in [-0.2, 0) is 9.53 Å². The Balaban J connectivity index is 2.01. The van der Waals surface area contributed by atoms with Gasteiger partial charge in [-0.1, -0.05) is 41.7 Å². The third kappa shape index (κ3) is 5.04. The van der Waals surface area contributed by atoms with Crippen LogP contribution in [0.5, 0.6) is 17.2 Å². The predicted octanol–water partition coefficient (Wildman–Crippen LogP) is 3.60. The quantitative estimate of drug-likeness (QED) is 0.399. The summed E-state index contributed by atoms with van der Waals surface area (Å²) in [6, 6.07) is 12.1. The van der Waals surface area contributed by atoms with Crippen molar-refractivity contribution in [2.45, 2.75) is 33.7 Å². The second-order valence-electron chi connectivity index (χ2n) is 8.08. The Morgan fingerprint density at radius 1 is 1.03 bits per heavy atom. The van der Waals surface area contributed by atoms with Gasteiger partial charge in [0.05, 0.1) is 42.7 Å². The Labute approximate surface area is 219 Å². The summed E-state index contributed by atoms with van der Waals surface area (Å²) in [4.78, 5) is 32.2. The number of nitrogens with zero attached hydrogens (tertiary/aromatic N) is 2. The van der Waals surface area contributed by atoms with E-state index in [-0.39, 0.29) is 17.7 Å². The fourth-order valence-electron chi connectivity index (χ4n) is 4.32. The Hall–Kier alpha value is -3.85. The van der Waals surface area contributed by atoms with E-state index in [0.717, 1.165) is 5.56 Å². The molecule has 3 aromatic rings. The van der Waals surface area contributed by atoms with E-state index >= 15 is 0 Å². The lowest BCUT2D eigenvalue weighted by Crippen LogP contribution is -2.40. The Morgan fingerprint density at radius 2 is 1.76 bits per heavy atom. The van der Waals surface area contributed by atoms with Crippen LogP contribution in [0.25, 0.3) is 6.08 Å². The highest BCUT2D eigenvalue weighted by atomic mass is 32.1. The second kappa shape index (κ2) is 11.5. The number of aromatic nitrogens is 1. The van der Waals surface area contributed by atoms with Gasteiger partial charge in [-0.2, -0.15) is 0 Å². The highest BCUT2D eigenvalue weighted by molar-refractivity contribution is 7.07. The molecule has 1 aromatic heterocycles. The van der Waals surface area contributed by atoms with Gasteiger partial charge in [0.1, 0.15) is 11.8 Å². The van der Waals surface area contributed by atoms with Gasteiger partial charge in [-0.3, -0.25) is 9.36 Å². The smallest absolute Gasteiger partial charge is 0.338 e. The number of ether oxygens (including phenoxy) is 4. The number of hydrogen-bond donors (Lipinski definition) is 0. The maximum Gasteiger partial charge on any atom is 0.338 e. The first-order valence-corrected chi connectivity index (χ1v) is 13.0. The molecule has 37 heavy (non-hydrogen) atoms. The number of methoxy groups -OCH3 is 1. The van der Waals surface area contributed by atoms with Crippen molar-refractivity contribution < 1.29 is 23.7 Å². The van der Waals surface area contributed by atoms with E-state index in [0.29, 0.717) is 51.1 Å². The normalized spacial score (nSPS) is 15.2. The lowest BCUT2D eigenvalue weighted by molar-refractivity contribution is -0.139. The summed E-state index contributed by atoms with van der Waals surface area (Å²) in [5.41, 5.74) is 1.88. The minimum atomic E-state index is -0.809. The van der Waals surface area contributed by atoms with Crippen LogP contribution in [0.3, 0.4) is 0 Å². The molecule has 2 heterocycles. The van der Waals surface area contributed by atoms with Gasteiger partial charge in [0, 0.05) is 11.1 Å². The van der Waals surface area contributed by atoms with E-state index in [9.17, 15) is 9.59 Å². The van der Waals surface area contributed by atoms with Crippen LogP contribution in [0, 0.1) is 0 Å². The van der Waals surface area contributed by atoms with E-state index in [1.807, 2.05) is 50.2 Å². The van der Waals surface area contributed by atoms with Crippen molar-refractivity contribution in [3.63, 3.8) is 0 Å². The van der Waals surface area contributed by atoms with Crippen LogP contribution >= 0.6 is 11.3 Å². The molecule has 0 N–H and O–H groups in total. The highest BCUT2D eigenvalue weighted by Gasteiger charge is 2.36. The molecular formula is C28H30N2O6S. The molecule has 9 heteroatoms. The SMILES string of the molecule is CCOC(=O)C1=C(C)N=c2s/c(=C/c3ccccc3OCC)c(=O)n2[C@H]1c1cccc(OC)c1OCC. The fraction of sp³-hybridized carbons (Fsp3) is 0.321. The molecule has 1 atom stereocenters. The molecule has 0 amide bonds. The summed E-state index contributed by atoms with van der Waals surface area (Å²) >= 11 is 1.26. The lowest BCUT2D eigenvalue weighted by atomic mass is 9.94. The molecule has 0 aliphatic carbocycles. The van der Waals surface area contributed by atoms with Gasteiger partial charge in [-0.05, 0) is 45.9 Å². The van der Waals surface area contributed by atoms with Gasteiger partial charge in [0.15, 0.2) is 16.3 Å². The minimum absolute atomic E-state index is 0.192. The van der Waals surface area contributed by atoms with Gasteiger partial charge in [-0.25, -0.2) is 9.79 Å². The Morgan fingerprint density at radius 3 is 2.46 bits per heavy atom. The molecule has 0 bridgehead atoms. The maximum atomic E-state index is 13.9. The topological polar surface area (TPSA) is 88.4 Å². The van der Waals surface area contributed by atoms with Crippen LogP contribution in [0.2, 0.25) is 0 Å². The van der Waals surface area contributed by atoms with E-state index in [2.05, 4.69) is 4.99 Å². The molecule has 2 aromatic carbocycles. The van der Waals surface area contributed by atoms with Crippen molar-refractivity contribution in [3.05, 3.63) is 84.5 Å². The molecule has 1 aliphatic heterocycles. The second-order valence-corrected chi connectivity index (χ2v) is 9.09. The fourth-order valence-corrected chi connectivity index (χ4v) is 5.36. The minimum Gasteiger partial charge on any atom is -0.493 e. The van der Waals surface area contributed by atoms with Crippen molar-refractivity contribution in [1.82, 2.24) is 4.57 Å². The molecular weight excluding hydrogens is 492 g/mol. The van der Waals surface area contributed by atoms with Crippen LogP contribution < -0.4 is 29.1 Å². The first kappa shape index (κ1) is 26.2. The maximum absolute atomic E-state index is 13.9. The molecule has 0 unspecified atom stereocenters. The van der Waals surface area contributed by atoms with Crippen molar-refractivity contribution in [2.75, 3.05) is 26.9 Å². The largest absolute Gasteiger partial charge is 0.493 e. The highest BCUT2D eigenvalue weighted by Crippen LogP contribution is 2.40. The monoisotopic (exact) mass is 522 g/mol. The number of carbonyl (C=O) groups is 1. The Kier molecular flexibility index (Phi) is 8.13. The summed E-state index contributed by atoms with van der Waals surface area (Å²) < 4.78 is 24.7. The summed E-state index contributed by atoms with van der Waals surface area (Å²) in [7, 11) is 1.55. The molecule has 1 aliphatic rings. The molecule has 194 valence electrons. The van der Waals surface area contributed by atoms with Gasteiger partial charge in [0.2, 0.25) is 0 Å². The predicted molar refractivity (Wildman–Crippen MR) is 142 cm³/mol.